The van der Waals surface area contributed by atoms with Crippen molar-refractivity contribution in [2.75, 3.05) is 5.75 Å². The molecular formula is C25H28O3S. The number of rotatable bonds is 5. The second-order valence-corrected chi connectivity index (χ2v) is 9.68. The molecule has 0 amide bonds. The van der Waals surface area contributed by atoms with Gasteiger partial charge in [-0.2, -0.15) is 0 Å². The molecule has 0 fully saturated rings. The summed E-state index contributed by atoms with van der Waals surface area (Å²) in [6.07, 6.45) is 0.995. The number of thioether (sulfide) groups is 1. The van der Waals surface area contributed by atoms with Crippen LogP contribution in [0, 0.1) is 19.3 Å². The van der Waals surface area contributed by atoms with Crippen molar-refractivity contribution >= 4 is 29.1 Å². The SMILES string of the molecule is CCSc1ccccc1C(=O)OC1=C(c2ccc(C)cc2C)C(=O)CC(C)(C)C1. The fourth-order valence-corrected chi connectivity index (χ4v) is 4.62. The molecule has 3 nitrogen and oxygen atoms in total. The molecule has 0 spiro atoms. The van der Waals surface area contributed by atoms with Gasteiger partial charge in [0.25, 0.3) is 0 Å². The minimum Gasteiger partial charge on any atom is -0.427 e. The Kier molecular flexibility index (Phi) is 6.33. The molecule has 2 aromatic rings. The van der Waals surface area contributed by atoms with Crippen molar-refractivity contribution in [1.29, 1.82) is 0 Å². The van der Waals surface area contributed by atoms with Crippen LogP contribution >= 0.6 is 11.8 Å². The molecular weight excluding hydrogens is 380 g/mol. The fourth-order valence-electron chi connectivity index (χ4n) is 3.83. The summed E-state index contributed by atoms with van der Waals surface area (Å²) in [6, 6.07) is 13.5. The molecule has 0 bridgehead atoms. The third-order valence-corrected chi connectivity index (χ3v) is 6.07. The molecule has 0 aliphatic heterocycles. The van der Waals surface area contributed by atoms with Crippen molar-refractivity contribution in [3.63, 3.8) is 0 Å². The number of benzene rings is 2. The maximum absolute atomic E-state index is 13.1. The van der Waals surface area contributed by atoms with Crippen molar-refractivity contribution in [3.8, 4) is 0 Å². The van der Waals surface area contributed by atoms with Crippen LogP contribution in [-0.2, 0) is 9.53 Å². The van der Waals surface area contributed by atoms with Crippen LogP contribution in [0.25, 0.3) is 5.57 Å². The topological polar surface area (TPSA) is 43.4 Å². The highest BCUT2D eigenvalue weighted by molar-refractivity contribution is 7.99. The van der Waals surface area contributed by atoms with Gasteiger partial charge >= 0.3 is 5.97 Å². The van der Waals surface area contributed by atoms with E-state index in [-0.39, 0.29) is 11.2 Å². The van der Waals surface area contributed by atoms with E-state index in [2.05, 4.69) is 13.0 Å². The molecule has 0 radical (unpaired) electrons. The van der Waals surface area contributed by atoms with Crippen LogP contribution in [0.4, 0.5) is 0 Å². The zero-order valence-corrected chi connectivity index (χ0v) is 18.6. The maximum atomic E-state index is 13.1. The van der Waals surface area contributed by atoms with Crippen LogP contribution in [0.3, 0.4) is 0 Å². The summed E-state index contributed by atoms with van der Waals surface area (Å²) in [5.41, 5.74) is 3.86. The van der Waals surface area contributed by atoms with Crippen LogP contribution in [0.5, 0.6) is 0 Å². The highest BCUT2D eigenvalue weighted by Gasteiger charge is 2.36. The quantitative estimate of drug-likeness (QED) is 0.426. The van der Waals surface area contributed by atoms with E-state index in [0.29, 0.717) is 29.7 Å². The van der Waals surface area contributed by atoms with Gasteiger partial charge in [0.2, 0.25) is 0 Å². The first-order valence-electron chi connectivity index (χ1n) is 10.00. The Balaban J connectivity index is 2.06. The lowest BCUT2D eigenvalue weighted by atomic mass is 9.74. The van der Waals surface area contributed by atoms with Crippen LogP contribution in [-0.4, -0.2) is 17.5 Å². The van der Waals surface area contributed by atoms with Gasteiger partial charge in [-0.3, -0.25) is 4.79 Å². The van der Waals surface area contributed by atoms with E-state index in [1.807, 2.05) is 58.0 Å². The van der Waals surface area contributed by atoms with E-state index in [9.17, 15) is 9.59 Å². The van der Waals surface area contributed by atoms with Crippen molar-refractivity contribution in [2.45, 2.75) is 52.4 Å². The minimum absolute atomic E-state index is 0.0345. The zero-order valence-electron chi connectivity index (χ0n) is 17.8. The van der Waals surface area contributed by atoms with Gasteiger partial charge in [-0.25, -0.2) is 4.79 Å². The Bertz CT molecular complexity index is 985. The number of allylic oxidation sites excluding steroid dienone is 2. The number of Topliss-reactive ketones (excluding diaryl/α,β-unsaturated/α-hetero) is 1. The van der Waals surface area contributed by atoms with Gasteiger partial charge in [0, 0.05) is 17.7 Å². The van der Waals surface area contributed by atoms with Crippen molar-refractivity contribution in [3.05, 3.63) is 70.5 Å². The average Bonchev–Trinajstić information content (AvgIpc) is 2.62. The van der Waals surface area contributed by atoms with Gasteiger partial charge < -0.3 is 4.74 Å². The molecule has 0 saturated heterocycles. The average molecular weight is 409 g/mol. The van der Waals surface area contributed by atoms with Crippen molar-refractivity contribution < 1.29 is 14.3 Å². The number of hydrogen-bond donors (Lipinski definition) is 0. The maximum Gasteiger partial charge on any atom is 0.344 e. The third-order valence-electron chi connectivity index (χ3n) is 5.11. The lowest BCUT2D eigenvalue weighted by Crippen LogP contribution is -2.27. The van der Waals surface area contributed by atoms with Crippen molar-refractivity contribution in [2.24, 2.45) is 5.41 Å². The molecule has 0 saturated carbocycles. The second kappa shape index (κ2) is 8.58. The van der Waals surface area contributed by atoms with E-state index in [0.717, 1.165) is 27.3 Å². The predicted octanol–water partition coefficient (Wildman–Crippen LogP) is 6.37. The number of esters is 1. The summed E-state index contributed by atoms with van der Waals surface area (Å²) < 4.78 is 5.93. The fraction of sp³-hybridized carbons (Fsp3) is 0.360. The molecule has 3 rings (SSSR count). The molecule has 152 valence electrons. The summed E-state index contributed by atoms with van der Waals surface area (Å²) in [4.78, 5) is 27.1. The standard InChI is InChI=1S/C25H28O3S/c1-6-29-22-10-8-7-9-19(22)24(27)28-21-15-25(4,5)14-20(26)23(21)18-12-11-16(2)13-17(18)3/h7-13H,6,14-15H2,1-5H3. The number of ether oxygens (including phenoxy) is 1. The summed E-state index contributed by atoms with van der Waals surface area (Å²) in [5.74, 6) is 0.989. The van der Waals surface area contributed by atoms with E-state index >= 15 is 0 Å². The van der Waals surface area contributed by atoms with E-state index in [1.165, 1.54) is 0 Å². The lowest BCUT2D eigenvalue weighted by Gasteiger charge is -2.32. The molecule has 1 aliphatic carbocycles. The molecule has 0 unspecified atom stereocenters. The molecule has 29 heavy (non-hydrogen) atoms. The van der Waals surface area contributed by atoms with E-state index in [4.69, 9.17) is 4.74 Å². The van der Waals surface area contributed by atoms with Gasteiger partial charge in [0.15, 0.2) is 5.78 Å². The highest BCUT2D eigenvalue weighted by atomic mass is 32.2. The summed E-state index contributed by atoms with van der Waals surface area (Å²) in [5, 5.41) is 0. The van der Waals surface area contributed by atoms with E-state index in [1.54, 1.807) is 17.8 Å². The number of aryl methyl sites for hydroxylation is 2. The number of hydrogen-bond acceptors (Lipinski definition) is 4. The predicted molar refractivity (Wildman–Crippen MR) is 119 cm³/mol. The highest BCUT2D eigenvalue weighted by Crippen LogP contribution is 2.42. The molecule has 0 aromatic heterocycles. The first-order valence-corrected chi connectivity index (χ1v) is 11.0. The normalized spacial score (nSPS) is 16.1. The zero-order chi connectivity index (χ0) is 21.2. The first-order chi connectivity index (χ1) is 13.7. The van der Waals surface area contributed by atoms with Crippen LogP contribution in [0.1, 0.15) is 60.7 Å². The molecule has 0 heterocycles. The molecule has 2 aromatic carbocycles. The number of ketones is 1. The van der Waals surface area contributed by atoms with Gasteiger partial charge in [-0.15, -0.1) is 11.8 Å². The Morgan fingerprint density at radius 1 is 1.10 bits per heavy atom. The van der Waals surface area contributed by atoms with Gasteiger partial charge in [-0.1, -0.05) is 56.7 Å². The van der Waals surface area contributed by atoms with E-state index < -0.39 is 5.97 Å². The van der Waals surface area contributed by atoms with Crippen LogP contribution in [0.2, 0.25) is 0 Å². The Labute approximate surface area is 177 Å². The molecule has 1 aliphatic rings. The number of carbonyl (C=O) groups excluding carboxylic acids is 2. The first kappa shape index (κ1) is 21.4. The largest absolute Gasteiger partial charge is 0.427 e. The third kappa shape index (κ3) is 4.81. The second-order valence-electron chi connectivity index (χ2n) is 8.38. The molecule has 0 atom stereocenters. The minimum atomic E-state index is -0.399. The Morgan fingerprint density at radius 2 is 1.83 bits per heavy atom. The Morgan fingerprint density at radius 3 is 2.52 bits per heavy atom. The summed E-state index contributed by atoms with van der Waals surface area (Å²) >= 11 is 1.61. The van der Waals surface area contributed by atoms with Gasteiger partial charge in [0.05, 0.1) is 11.1 Å². The summed E-state index contributed by atoms with van der Waals surface area (Å²) in [7, 11) is 0. The van der Waals surface area contributed by atoms with Crippen molar-refractivity contribution in [1.82, 2.24) is 0 Å². The molecule has 0 N–H and O–H groups in total. The smallest absolute Gasteiger partial charge is 0.344 e. The lowest BCUT2D eigenvalue weighted by molar-refractivity contribution is -0.116. The molecule has 4 heteroatoms. The van der Waals surface area contributed by atoms with Gasteiger partial charge in [-0.05, 0) is 48.3 Å². The van der Waals surface area contributed by atoms with Gasteiger partial charge in [0.1, 0.15) is 5.76 Å². The monoisotopic (exact) mass is 408 g/mol. The Hall–Kier alpha value is -2.33. The summed E-state index contributed by atoms with van der Waals surface area (Å²) in [6.45, 7) is 10.2. The number of carbonyl (C=O) groups is 2. The van der Waals surface area contributed by atoms with Crippen LogP contribution < -0.4 is 0 Å². The van der Waals surface area contributed by atoms with Crippen LogP contribution in [0.15, 0.2) is 53.1 Å².